The van der Waals surface area contributed by atoms with E-state index in [4.69, 9.17) is 16.3 Å². The van der Waals surface area contributed by atoms with Gasteiger partial charge in [-0.15, -0.1) is 0 Å². The molecule has 0 saturated heterocycles. The number of benzene rings is 1. The monoisotopic (exact) mass is 212 g/mol. The molecule has 0 aliphatic heterocycles. The topological polar surface area (TPSA) is 26.3 Å². The smallest absolute Gasteiger partial charge is 0.137 e. The minimum atomic E-state index is 0.134. The van der Waals surface area contributed by atoms with E-state index < -0.39 is 0 Å². The second kappa shape index (κ2) is 5.01. The molecule has 1 aromatic carbocycles. The quantitative estimate of drug-likeness (QED) is 0.718. The number of ether oxygens (including phenoxy) is 1. The fourth-order valence-corrected chi connectivity index (χ4v) is 1.73. The largest absolute Gasteiger partial charge is 0.495 e. The van der Waals surface area contributed by atoms with Gasteiger partial charge in [0, 0.05) is 6.42 Å². The van der Waals surface area contributed by atoms with Crippen molar-refractivity contribution in [1.29, 1.82) is 0 Å². The standard InChI is InChI=1S/C11H13ClO2/c1-8(6-7-13)9-4-3-5-10(14-2)11(9)12/h3-5,7-8H,6H2,1-2H3. The van der Waals surface area contributed by atoms with E-state index in [1.807, 2.05) is 19.1 Å². The number of aldehydes is 1. The number of methoxy groups -OCH3 is 1. The molecule has 2 nitrogen and oxygen atoms in total. The van der Waals surface area contributed by atoms with Crippen molar-refractivity contribution in [3.05, 3.63) is 28.8 Å². The first kappa shape index (κ1) is 11.1. The second-order valence-corrected chi connectivity index (χ2v) is 3.54. The lowest BCUT2D eigenvalue weighted by atomic mass is 9.98. The first-order chi connectivity index (χ1) is 6.70. The maximum absolute atomic E-state index is 10.4. The van der Waals surface area contributed by atoms with Gasteiger partial charge in [0.05, 0.1) is 12.1 Å². The van der Waals surface area contributed by atoms with Gasteiger partial charge in [0.2, 0.25) is 0 Å². The summed E-state index contributed by atoms with van der Waals surface area (Å²) in [6, 6.07) is 5.60. The highest BCUT2D eigenvalue weighted by atomic mass is 35.5. The van der Waals surface area contributed by atoms with E-state index in [1.54, 1.807) is 13.2 Å². The Bertz CT molecular complexity index is 323. The zero-order valence-electron chi connectivity index (χ0n) is 8.29. The van der Waals surface area contributed by atoms with Gasteiger partial charge in [-0.2, -0.15) is 0 Å². The van der Waals surface area contributed by atoms with Gasteiger partial charge >= 0.3 is 0 Å². The van der Waals surface area contributed by atoms with Gasteiger partial charge in [-0.25, -0.2) is 0 Å². The number of hydrogen-bond acceptors (Lipinski definition) is 2. The summed E-state index contributed by atoms with van der Waals surface area (Å²) in [5.41, 5.74) is 0.957. The van der Waals surface area contributed by atoms with Crippen LogP contribution >= 0.6 is 11.6 Å². The van der Waals surface area contributed by atoms with Crippen molar-refractivity contribution < 1.29 is 9.53 Å². The average Bonchev–Trinajstić information content (AvgIpc) is 2.18. The van der Waals surface area contributed by atoms with E-state index in [9.17, 15) is 4.79 Å². The zero-order valence-corrected chi connectivity index (χ0v) is 9.04. The average molecular weight is 213 g/mol. The molecule has 1 unspecified atom stereocenters. The molecule has 0 amide bonds. The molecule has 3 heteroatoms. The van der Waals surface area contributed by atoms with Crippen LogP contribution in [0.4, 0.5) is 0 Å². The molecule has 0 aliphatic carbocycles. The molecular formula is C11H13ClO2. The summed E-state index contributed by atoms with van der Waals surface area (Å²) in [5, 5.41) is 0.601. The first-order valence-electron chi connectivity index (χ1n) is 4.46. The van der Waals surface area contributed by atoms with E-state index in [2.05, 4.69) is 0 Å². The molecule has 0 aromatic heterocycles. The Labute approximate surface area is 88.8 Å². The molecule has 76 valence electrons. The van der Waals surface area contributed by atoms with Crippen LogP contribution in [-0.4, -0.2) is 13.4 Å². The van der Waals surface area contributed by atoms with Crippen LogP contribution in [-0.2, 0) is 4.79 Å². The van der Waals surface area contributed by atoms with Gasteiger partial charge in [0.1, 0.15) is 12.0 Å². The van der Waals surface area contributed by atoms with Gasteiger partial charge in [0.15, 0.2) is 0 Å². The number of rotatable bonds is 4. The van der Waals surface area contributed by atoms with Crippen molar-refractivity contribution in [1.82, 2.24) is 0 Å². The molecule has 0 N–H and O–H groups in total. The molecule has 0 fully saturated rings. The predicted molar refractivity (Wildman–Crippen MR) is 57.1 cm³/mol. The third-order valence-corrected chi connectivity index (χ3v) is 2.60. The van der Waals surface area contributed by atoms with Crippen LogP contribution in [0.5, 0.6) is 5.75 Å². The summed E-state index contributed by atoms with van der Waals surface area (Å²) in [6.07, 6.45) is 1.38. The summed E-state index contributed by atoms with van der Waals surface area (Å²) in [7, 11) is 1.58. The lowest BCUT2D eigenvalue weighted by Gasteiger charge is -2.12. The summed E-state index contributed by atoms with van der Waals surface area (Å²) in [4.78, 5) is 10.4. The molecule has 0 spiro atoms. The van der Waals surface area contributed by atoms with Crippen LogP contribution in [0.1, 0.15) is 24.8 Å². The Morgan fingerprint density at radius 2 is 2.29 bits per heavy atom. The molecule has 0 saturated carbocycles. The van der Waals surface area contributed by atoms with Crippen LogP contribution in [0, 0.1) is 0 Å². The third kappa shape index (κ3) is 2.26. The highest BCUT2D eigenvalue weighted by Crippen LogP contribution is 2.33. The summed E-state index contributed by atoms with van der Waals surface area (Å²) in [5.74, 6) is 0.789. The first-order valence-corrected chi connectivity index (χ1v) is 4.84. The summed E-state index contributed by atoms with van der Waals surface area (Å²) in [6.45, 7) is 1.97. The second-order valence-electron chi connectivity index (χ2n) is 3.17. The lowest BCUT2D eigenvalue weighted by molar-refractivity contribution is -0.108. The van der Waals surface area contributed by atoms with Crippen molar-refractivity contribution in [3.8, 4) is 5.75 Å². The van der Waals surface area contributed by atoms with Crippen molar-refractivity contribution in [2.75, 3.05) is 7.11 Å². The van der Waals surface area contributed by atoms with Crippen LogP contribution in [0.2, 0.25) is 5.02 Å². The van der Waals surface area contributed by atoms with Gasteiger partial charge in [-0.1, -0.05) is 30.7 Å². The number of carbonyl (C=O) groups excluding carboxylic acids is 1. The van der Waals surface area contributed by atoms with Crippen LogP contribution in [0.15, 0.2) is 18.2 Å². The Morgan fingerprint density at radius 3 is 2.86 bits per heavy atom. The minimum Gasteiger partial charge on any atom is -0.495 e. The van der Waals surface area contributed by atoms with Gasteiger partial charge in [-0.05, 0) is 17.5 Å². The van der Waals surface area contributed by atoms with Crippen molar-refractivity contribution in [2.24, 2.45) is 0 Å². The molecule has 0 bridgehead atoms. The Morgan fingerprint density at radius 1 is 1.57 bits per heavy atom. The normalized spacial score (nSPS) is 12.2. The summed E-state index contributed by atoms with van der Waals surface area (Å²) >= 11 is 6.10. The third-order valence-electron chi connectivity index (χ3n) is 2.19. The molecule has 1 rings (SSSR count). The fourth-order valence-electron chi connectivity index (χ4n) is 1.34. The van der Waals surface area contributed by atoms with E-state index >= 15 is 0 Å². The molecule has 1 atom stereocenters. The van der Waals surface area contributed by atoms with E-state index in [0.29, 0.717) is 17.2 Å². The SMILES string of the molecule is COc1cccc(C(C)CC=O)c1Cl. The minimum absolute atomic E-state index is 0.134. The Hall–Kier alpha value is -1.02. The number of carbonyl (C=O) groups is 1. The number of hydrogen-bond donors (Lipinski definition) is 0. The highest BCUT2D eigenvalue weighted by Gasteiger charge is 2.12. The number of halogens is 1. The molecule has 0 heterocycles. The zero-order chi connectivity index (χ0) is 10.6. The van der Waals surface area contributed by atoms with Crippen molar-refractivity contribution in [3.63, 3.8) is 0 Å². The van der Waals surface area contributed by atoms with E-state index in [-0.39, 0.29) is 5.92 Å². The van der Waals surface area contributed by atoms with Crippen LogP contribution in [0.25, 0.3) is 0 Å². The molecule has 0 radical (unpaired) electrons. The molecular weight excluding hydrogens is 200 g/mol. The van der Waals surface area contributed by atoms with E-state index in [1.165, 1.54) is 0 Å². The van der Waals surface area contributed by atoms with Gasteiger partial charge < -0.3 is 9.53 Å². The van der Waals surface area contributed by atoms with Crippen LogP contribution < -0.4 is 4.74 Å². The highest BCUT2D eigenvalue weighted by molar-refractivity contribution is 6.32. The fraction of sp³-hybridized carbons (Fsp3) is 0.364. The lowest BCUT2D eigenvalue weighted by Crippen LogP contribution is -1.97. The van der Waals surface area contributed by atoms with Gasteiger partial charge in [0.25, 0.3) is 0 Å². The molecule has 0 aliphatic rings. The summed E-state index contributed by atoms with van der Waals surface area (Å²) < 4.78 is 5.09. The van der Waals surface area contributed by atoms with Crippen molar-refractivity contribution >= 4 is 17.9 Å². The maximum Gasteiger partial charge on any atom is 0.137 e. The van der Waals surface area contributed by atoms with Gasteiger partial charge in [-0.3, -0.25) is 0 Å². The molecule has 1 aromatic rings. The van der Waals surface area contributed by atoms with Crippen LogP contribution in [0.3, 0.4) is 0 Å². The van der Waals surface area contributed by atoms with Crippen molar-refractivity contribution in [2.45, 2.75) is 19.3 Å². The maximum atomic E-state index is 10.4. The molecule has 14 heavy (non-hydrogen) atoms. The Balaban J connectivity index is 3.02. The predicted octanol–water partition coefficient (Wildman–Crippen LogP) is 3.04. The van der Waals surface area contributed by atoms with E-state index in [0.717, 1.165) is 11.8 Å². The Kier molecular flexibility index (Phi) is 3.96.